The summed E-state index contributed by atoms with van der Waals surface area (Å²) in [4.78, 5) is 11.2. The van der Waals surface area contributed by atoms with Crippen LogP contribution in [0.15, 0.2) is 12.1 Å². The normalized spacial score (nSPS) is 10.6. The Morgan fingerprint density at radius 3 is 2.33 bits per heavy atom. The molecule has 0 fully saturated rings. The number of hydrogen-bond acceptors (Lipinski definition) is 3. The Hall–Kier alpha value is -2.10. The summed E-state index contributed by atoms with van der Waals surface area (Å²) < 4.78 is 53.3. The van der Waals surface area contributed by atoms with E-state index in [4.69, 9.17) is 5.26 Å². The maximum absolute atomic E-state index is 12.6. The van der Waals surface area contributed by atoms with Crippen LogP contribution in [0.2, 0.25) is 0 Å². The number of hydrogen-bond donors (Lipinski definition) is 0. The van der Waals surface area contributed by atoms with E-state index < -0.39 is 30.1 Å². The molecule has 0 aliphatic heterocycles. The third kappa shape index (κ3) is 2.97. The fourth-order valence-electron chi connectivity index (χ4n) is 1.35. The molecule has 0 heterocycles. The zero-order chi connectivity index (χ0) is 13.9. The molecule has 18 heavy (non-hydrogen) atoms. The van der Waals surface area contributed by atoms with Crippen molar-refractivity contribution < 1.29 is 27.1 Å². The van der Waals surface area contributed by atoms with Crippen LogP contribution in [0.25, 0.3) is 0 Å². The van der Waals surface area contributed by atoms with E-state index >= 15 is 0 Å². The zero-order valence-electron chi connectivity index (χ0n) is 9.08. The predicted molar refractivity (Wildman–Crippen MR) is 52.8 cm³/mol. The Kier molecular flexibility index (Phi) is 4.26. The van der Waals surface area contributed by atoms with Gasteiger partial charge >= 0.3 is 6.61 Å². The SMILES string of the molecule is CC(=O)c1cc(OC(F)F)c(C(F)F)cc1C#N. The van der Waals surface area contributed by atoms with E-state index in [1.165, 1.54) is 0 Å². The number of rotatable bonds is 4. The van der Waals surface area contributed by atoms with Crippen LogP contribution in [-0.2, 0) is 0 Å². The van der Waals surface area contributed by atoms with Crippen molar-refractivity contribution in [2.24, 2.45) is 0 Å². The highest BCUT2D eigenvalue weighted by molar-refractivity contribution is 5.97. The molecule has 0 aromatic heterocycles. The lowest BCUT2D eigenvalue weighted by atomic mass is 10.0. The van der Waals surface area contributed by atoms with Crippen molar-refractivity contribution in [3.63, 3.8) is 0 Å². The first kappa shape index (κ1) is 14.0. The van der Waals surface area contributed by atoms with Gasteiger partial charge < -0.3 is 4.74 Å². The van der Waals surface area contributed by atoms with Gasteiger partial charge in [-0.3, -0.25) is 4.79 Å². The van der Waals surface area contributed by atoms with Crippen LogP contribution in [0.5, 0.6) is 5.75 Å². The number of nitriles is 1. The fourth-order valence-corrected chi connectivity index (χ4v) is 1.35. The lowest BCUT2D eigenvalue weighted by Crippen LogP contribution is -2.08. The largest absolute Gasteiger partial charge is 0.434 e. The van der Waals surface area contributed by atoms with Gasteiger partial charge in [0.1, 0.15) is 5.75 Å². The van der Waals surface area contributed by atoms with Gasteiger partial charge in [-0.15, -0.1) is 0 Å². The number of nitrogens with zero attached hydrogens (tertiary/aromatic N) is 1. The molecule has 0 amide bonds. The monoisotopic (exact) mass is 261 g/mol. The molecule has 1 aromatic rings. The standard InChI is InChI=1S/C11H7F4NO2/c1-5(17)7-3-9(18-11(14)15)8(10(12)13)2-6(7)4-16/h2-3,10-11H,1H3. The highest BCUT2D eigenvalue weighted by atomic mass is 19.3. The molecule has 0 N–H and O–H groups in total. The van der Waals surface area contributed by atoms with Crippen LogP contribution >= 0.6 is 0 Å². The van der Waals surface area contributed by atoms with Crippen molar-refractivity contribution >= 4 is 5.78 Å². The third-order valence-corrected chi connectivity index (χ3v) is 2.10. The van der Waals surface area contributed by atoms with Gasteiger partial charge in [-0.05, 0) is 19.1 Å². The first-order valence-electron chi connectivity index (χ1n) is 4.68. The van der Waals surface area contributed by atoms with Crippen LogP contribution in [0.4, 0.5) is 17.6 Å². The molecule has 96 valence electrons. The zero-order valence-corrected chi connectivity index (χ0v) is 9.08. The summed E-state index contributed by atoms with van der Waals surface area (Å²) >= 11 is 0. The van der Waals surface area contributed by atoms with Crippen molar-refractivity contribution in [3.8, 4) is 11.8 Å². The quantitative estimate of drug-likeness (QED) is 0.617. The number of benzene rings is 1. The minimum absolute atomic E-state index is 0.238. The van der Waals surface area contributed by atoms with Gasteiger partial charge in [-0.25, -0.2) is 8.78 Å². The van der Waals surface area contributed by atoms with Crippen molar-refractivity contribution in [1.29, 1.82) is 5.26 Å². The van der Waals surface area contributed by atoms with Crippen LogP contribution in [0, 0.1) is 11.3 Å². The minimum atomic E-state index is -3.30. The Morgan fingerprint density at radius 2 is 1.94 bits per heavy atom. The number of ketones is 1. The molecular formula is C11H7F4NO2. The Bertz CT molecular complexity index is 509. The van der Waals surface area contributed by atoms with Gasteiger partial charge in [-0.2, -0.15) is 14.0 Å². The molecule has 0 saturated heterocycles. The van der Waals surface area contributed by atoms with E-state index in [0.717, 1.165) is 13.0 Å². The van der Waals surface area contributed by atoms with Gasteiger partial charge in [0.25, 0.3) is 6.43 Å². The number of alkyl halides is 4. The second-order valence-corrected chi connectivity index (χ2v) is 3.28. The van der Waals surface area contributed by atoms with Crippen LogP contribution < -0.4 is 4.74 Å². The van der Waals surface area contributed by atoms with E-state index in [0.29, 0.717) is 6.07 Å². The number of halogens is 4. The topological polar surface area (TPSA) is 50.1 Å². The second kappa shape index (κ2) is 5.49. The Morgan fingerprint density at radius 1 is 1.33 bits per heavy atom. The van der Waals surface area contributed by atoms with Gasteiger partial charge in [0, 0.05) is 5.56 Å². The highest BCUT2D eigenvalue weighted by Crippen LogP contribution is 2.33. The molecule has 7 heteroatoms. The van der Waals surface area contributed by atoms with Crippen molar-refractivity contribution in [2.75, 3.05) is 0 Å². The molecule has 0 bridgehead atoms. The first-order valence-corrected chi connectivity index (χ1v) is 4.68. The molecule has 1 aromatic carbocycles. The first-order chi connectivity index (χ1) is 8.36. The molecule has 0 unspecified atom stereocenters. The average molecular weight is 261 g/mol. The van der Waals surface area contributed by atoms with Crippen molar-refractivity contribution in [1.82, 2.24) is 0 Å². The van der Waals surface area contributed by atoms with E-state index in [1.54, 1.807) is 6.07 Å². The summed E-state index contributed by atoms with van der Waals surface area (Å²) in [6.07, 6.45) is -3.09. The summed E-state index contributed by atoms with van der Waals surface area (Å²) in [7, 11) is 0. The molecule has 0 aliphatic carbocycles. The average Bonchev–Trinajstić information content (AvgIpc) is 2.27. The van der Waals surface area contributed by atoms with Gasteiger partial charge in [0.05, 0.1) is 17.2 Å². The highest BCUT2D eigenvalue weighted by Gasteiger charge is 2.21. The minimum Gasteiger partial charge on any atom is -0.434 e. The summed E-state index contributed by atoms with van der Waals surface area (Å²) in [5.41, 5.74) is -1.39. The van der Waals surface area contributed by atoms with Crippen LogP contribution in [0.1, 0.15) is 34.8 Å². The maximum Gasteiger partial charge on any atom is 0.387 e. The molecule has 0 atom stereocenters. The fraction of sp³-hybridized carbons (Fsp3) is 0.273. The number of Topliss-reactive ketones (excluding diaryl/α,β-unsaturated/α-hetero) is 1. The summed E-state index contributed by atoms with van der Waals surface area (Å²) in [5.74, 6) is -1.41. The number of carbonyl (C=O) groups is 1. The summed E-state index contributed by atoms with van der Waals surface area (Å²) in [6.45, 7) is -2.21. The molecule has 0 aliphatic rings. The molecule has 0 saturated carbocycles. The smallest absolute Gasteiger partial charge is 0.387 e. The number of ether oxygens (including phenoxy) is 1. The van der Waals surface area contributed by atoms with Crippen LogP contribution in [0.3, 0.4) is 0 Å². The van der Waals surface area contributed by atoms with Gasteiger partial charge in [-0.1, -0.05) is 0 Å². The van der Waals surface area contributed by atoms with E-state index in [2.05, 4.69) is 4.74 Å². The Labute approximate surface area is 99.6 Å². The lowest BCUT2D eigenvalue weighted by Gasteiger charge is -2.12. The number of carbonyl (C=O) groups excluding carboxylic acids is 1. The molecule has 3 nitrogen and oxygen atoms in total. The van der Waals surface area contributed by atoms with Crippen molar-refractivity contribution in [3.05, 3.63) is 28.8 Å². The summed E-state index contributed by atoms with van der Waals surface area (Å²) in [6, 6.07) is 2.97. The molecular weight excluding hydrogens is 254 g/mol. The van der Waals surface area contributed by atoms with Gasteiger partial charge in [0.15, 0.2) is 5.78 Å². The van der Waals surface area contributed by atoms with Gasteiger partial charge in [0.2, 0.25) is 0 Å². The lowest BCUT2D eigenvalue weighted by molar-refractivity contribution is -0.0520. The Balaban J connectivity index is 3.43. The predicted octanol–water partition coefficient (Wildman–Crippen LogP) is 3.30. The van der Waals surface area contributed by atoms with E-state index in [1.807, 2.05) is 0 Å². The third-order valence-electron chi connectivity index (χ3n) is 2.10. The molecule has 0 spiro atoms. The van der Waals surface area contributed by atoms with E-state index in [9.17, 15) is 22.4 Å². The summed E-state index contributed by atoms with van der Waals surface area (Å²) in [5, 5.41) is 8.71. The molecule has 0 radical (unpaired) electrons. The second-order valence-electron chi connectivity index (χ2n) is 3.28. The maximum atomic E-state index is 12.6. The van der Waals surface area contributed by atoms with E-state index in [-0.39, 0.29) is 11.1 Å². The van der Waals surface area contributed by atoms with Crippen molar-refractivity contribution in [2.45, 2.75) is 20.0 Å². The van der Waals surface area contributed by atoms with Crippen LogP contribution in [-0.4, -0.2) is 12.4 Å². The molecule has 1 rings (SSSR count).